The molecule has 0 atom stereocenters. The third kappa shape index (κ3) is 4.43. The van der Waals surface area contributed by atoms with Crippen molar-refractivity contribution in [2.75, 3.05) is 30.9 Å². The number of hydrogen-bond acceptors (Lipinski definition) is 7. The summed E-state index contributed by atoms with van der Waals surface area (Å²) in [4.78, 5) is 45.8. The second-order valence-electron chi connectivity index (χ2n) is 6.93. The SMILES string of the molecule is CCCCn1c(N)c(N(CCOC)Cc2cc(=O)n3ccccc3n2)c(=O)[nH]c1=O. The summed E-state index contributed by atoms with van der Waals surface area (Å²) >= 11 is 0. The van der Waals surface area contributed by atoms with Crippen LogP contribution >= 0.6 is 0 Å². The molecule has 3 aromatic heterocycles. The maximum atomic E-state index is 12.6. The van der Waals surface area contributed by atoms with E-state index in [1.165, 1.54) is 15.0 Å². The van der Waals surface area contributed by atoms with E-state index in [1.807, 2.05) is 6.92 Å². The molecule has 0 aliphatic carbocycles. The Balaban J connectivity index is 2.06. The van der Waals surface area contributed by atoms with Gasteiger partial charge in [0.1, 0.15) is 17.2 Å². The van der Waals surface area contributed by atoms with Crippen LogP contribution in [0.5, 0.6) is 0 Å². The first-order chi connectivity index (χ1) is 14.5. The van der Waals surface area contributed by atoms with Gasteiger partial charge < -0.3 is 15.4 Å². The molecule has 0 bridgehead atoms. The number of aromatic amines is 1. The summed E-state index contributed by atoms with van der Waals surface area (Å²) in [5, 5.41) is 0. The number of hydrogen-bond donors (Lipinski definition) is 2. The maximum absolute atomic E-state index is 12.6. The summed E-state index contributed by atoms with van der Waals surface area (Å²) in [5.41, 5.74) is 6.04. The van der Waals surface area contributed by atoms with Crippen molar-refractivity contribution < 1.29 is 4.74 Å². The average Bonchev–Trinajstić information content (AvgIpc) is 2.71. The lowest BCUT2D eigenvalue weighted by atomic mass is 10.3. The number of aromatic nitrogens is 4. The van der Waals surface area contributed by atoms with E-state index in [0.717, 1.165) is 12.8 Å². The van der Waals surface area contributed by atoms with Gasteiger partial charge in [-0.05, 0) is 18.6 Å². The molecule has 0 spiro atoms. The van der Waals surface area contributed by atoms with Gasteiger partial charge in [0, 0.05) is 32.5 Å². The fourth-order valence-corrected chi connectivity index (χ4v) is 3.27. The first-order valence-corrected chi connectivity index (χ1v) is 9.80. The van der Waals surface area contributed by atoms with Crippen LogP contribution in [-0.2, 0) is 17.8 Å². The maximum Gasteiger partial charge on any atom is 0.330 e. The Morgan fingerprint density at radius 3 is 2.80 bits per heavy atom. The number of pyridine rings is 1. The zero-order valence-corrected chi connectivity index (χ0v) is 17.1. The third-order valence-electron chi connectivity index (χ3n) is 4.81. The number of rotatable bonds is 9. The predicted molar refractivity (Wildman–Crippen MR) is 115 cm³/mol. The molecule has 160 valence electrons. The minimum absolute atomic E-state index is 0.0887. The highest BCUT2D eigenvalue weighted by atomic mass is 16.5. The molecular formula is C20H26N6O4. The summed E-state index contributed by atoms with van der Waals surface area (Å²) in [6.07, 6.45) is 3.26. The Morgan fingerprint density at radius 2 is 2.07 bits per heavy atom. The summed E-state index contributed by atoms with van der Waals surface area (Å²) in [5.74, 6) is 0.0887. The molecule has 0 unspecified atom stereocenters. The molecule has 0 saturated carbocycles. The van der Waals surface area contributed by atoms with Crippen molar-refractivity contribution in [2.24, 2.45) is 0 Å². The molecular weight excluding hydrogens is 388 g/mol. The number of nitrogens with two attached hydrogens (primary N) is 1. The second-order valence-corrected chi connectivity index (χ2v) is 6.93. The summed E-state index contributed by atoms with van der Waals surface area (Å²) in [6.45, 7) is 3.20. The Morgan fingerprint density at radius 1 is 1.27 bits per heavy atom. The minimum Gasteiger partial charge on any atom is -0.383 e. The quantitative estimate of drug-likeness (QED) is 0.524. The summed E-state index contributed by atoms with van der Waals surface area (Å²) < 4.78 is 7.98. The zero-order valence-electron chi connectivity index (χ0n) is 17.1. The molecule has 0 saturated heterocycles. The van der Waals surface area contributed by atoms with Crippen LogP contribution < -0.4 is 27.4 Å². The van der Waals surface area contributed by atoms with Crippen molar-refractivity contribution >= 4 is 17.2 Å². The lowest BCUT2D eigenvalue weighted by molar-refractivity contribution is 0.205. The monoisotopic (exact) mass is 414 g/mol. The minimum atomic E-state index is -0.584. The van der Waals surface area contributed by atoms with Crippen LogP contribution in [0.15, 0.2) is 44.8 Å². The van der Waals surface area contributed by atoms with Crippen molar-refractivity contribution in [1.29, 1.82) is 0 Å². The van der Waals surface area contributed by atoms with Gasteiger partial charge in [0.05, 0.1) is 18.8 Å². The van der Waals surface area contributed by atoms with E-state index in [2.05, 4.69) is 9.97 Å². The normalized spacial score (nSPS) is 11.1. The molecule has 0 aromatic carbocycles. The Hall–Kier alpha value is -3.40. The first kappa shape index (κ1) is 21.3. The van der Waals surface area contributed by atoms with Crippen molar-refractivity contribution in [1.82, 2.24) is 18.9 Å². The van der Waals surface area contributed by atoms with E-state index in [9.17, 15) is 14.4 Å². The van der Waals surface area contributed by atoms with Gasteiger partial charge in [0.2, 0.25) is 0 Å². The number of H-pyrrole nitrogens is 1. The number of anilines is 2. The lowest BCUT2D eigenvalue weighted by Gasteiger charge is -2.25. The molecule has 3 heterocycles. The molecule has 0 amide bonds. The molecule has 3 aromatic rings. The van der Waals surface area contributed by atoms with Gasteiger partial charge in [-0.15, -0.1) is 0 Å². The molecule has 0 aliphatic rings. The van der Waals surface area contributed by atoms with E-state index in [4.69, 9.17) is 10.5 Å². The van der Waals surface area contributed by atoms with Gasteiger partial charge in [-0.3, -0.25) is 23.5 Å². The largest absolute Gasteiger partial charge is 0.383 e. The lowest BCUT2D eigenvalue weighted by Crippen LogP contribution is -2.39. The molecule has 0 radical (unpaired) electrons. The second kappa shape index (κ2) is 9.40. The van der Waals surface area contributed by atoms with Crippen LogP contribution in [0.4, 0.5) is 11.5 Å². The number of nitrogen functional groups attached to an aromatic ring is 1. The van der Waals surface area contributed by atoms with Gasteiger partial charge >= 0.3 is 5.69 Å². The summed E-state index contributed by atoms with van der Waals surface area (Å²) in [7, 11) is 1.55. The fraction of sp³-hybridized carbons (Fsp3) is 0.400. The van der Waals surface area contributed by atoms with Crippen LogP contribution in [0.2, 0.25) is 0 Å². The van der Waals surface area contributed by atoms with Crippen LogP contribution in [0.3, 0.4) is 0 Å². The van der Waals surface area contributed by atoms with Crippen molar-refractivity contribution in [2.45, 2.75) is 32.9 Å². The molecule has 10 nitrogen and oxygen atoms in total. The van der Waals surface area contributed by atoms with Gasteiger partial charge in [0.15, 0.2) is 0 Å². The smallest absolute Gasteiger partial charge is 0.330 e. The van der Waals surface area contributed by atoms with Gasteiger partial charge in [0.25, 0.3) is 11.1 Å². The molecule has 0 aliphatic heterocycles. The number of unbranched alkanes of at least 4 members (excludes halogenated alkanes) is 1. The highest BCUT2D eigenvalue weighted by Crippen LogP contribution is 2.19. The van der Waals surface area contributed by atoms with Crippen molar-refractivity contribution in [3.8, 4) is 0 Å². The molecule has 10 heteroatoms. The molecule has 3 N–H and O–H groups in total. The Kier molecular flexibility index (Phi) is 6.68. The Labute approximate surface area is 172 Å². The van der Waals surface area contributed by atoms with Crippen molar-refractivity contribution in [3.05, 3.63) is 67.3 Å². The van der Waals surface area contributed by atoms with E-state index < -0.39 is 11.2 Å². The fourth-order valence-electron chi connectivity index (χ4n) is 3.27. The number of ether oxygens (including phenoxy) is 1. The standard InChI is InChI=1S/C20H26N6O4/c1-3-4-8-26-18(21)17(19(28)23-20(26)29)24(10-11-30-2)13-14-12-16(27)25-9-6-5-7-15(25)22-14/h5-7,9,12H,3-4,8,10-11,13,21H2,1-2H3,(H,23,28,29). The van der Waals surface area contributed by atoms with Crippen LogP contribution in [0, 0.1) is 0 Å². The molecule has 3 rings (SSSR count). The number of nitrogens with zero attached hydrogens (tertiary/aromatic N) is 4. The van der Waals surface area contributed by atoms with Crippen LogP contribution in [-0.4, -0.2) is 39.2 Å². The van der Waals surface area contributed by atoms with E-state index >= 15 is 0 Å². The molecule has 0 fully saturated rings. The zero-order chi connectivity index (χ0) is 21.7. The number of fused-ring (bicyclic) bond motifs is 1. The topological polar surface area (TPSA) is 128 Å². The van der Waals surface area contributed by atoms with Crippen molar-refractivity contribution in [3.63, 3.8) is 0 Å². The van der Waals surface area contributed by atoms with E-state index in [1.54, 1.807) is 36.4 Å². The van der Waals surface area contributed by atoms with Gasteiger partial charge in [-0.25, -0.2) is 9.78 Å². The molecule has 30 heavy (non-hydrogen) atoms. The first-order valence-electron chi connectivity index (χ1n) is 9.80. The predicted octanol–water partition coefficient (Wildman–Crippen LogP) is 0.580. The van der Waals surface area contributed by atoms with Crippen LogP contribution in [0.25, 0.3) is 5.65 Å². The highest BCUT2D eigenvalue weighted by molar-refractivity contribution is 5.62. The summed E-state index contributed by atoms with van der Waals surface area (Å²) in [6, 6.07) is 6.70. The number of nitrogens with one attached hydrogen (secondary N) is 1. The highest BCUT2D eigenvalue weighted by Gasteiger charge is 2.20. The van der Waals surface area contributed by atoms with Gasteiger partial charge in [-0.2, -0.15) is 0 Å². The average molecular weight is 414 g/mol. The van der Waals surface area contributed by atoms with Gasteiger partial charge in [-0.1, -0.05) is 19.4 Å². The number of methoxy groups -OCH3 is 1. The Bertz CT molecular complexity index is 1200. The van der Waals surface area contributed by atoms with E-state index in [0.29, 0.717) is 31.0 Å². The third-order valence-corrected chi connectivity index (χ3v) is 4.81. The van der Waals surface area contributed by atoms with Crippen LogP contribution in [0.1, 0.15) is 25.5 Å². The van der Waals surface area contributed by atoms with E-state index in [-0.39, 0.29) is 23.6 Å².